The summed E-state index contributed by atoms with van der Waals surface area (Å²) in [4.78, 5) is 14.5. The maximum absolute atomic E-state index is 12.4. The molecule has 122 valence electrons. The van der Waals surface area contributed by atoms with Crippen molar-refractivity contribution in [2.75, 3.05) is 32.9 Å². The van der Waals surface area contributed by atoms with E-state index in [2.05, 4.69) is 4.98 Å². The van der Waals surface area contributed by atoms with Crippen molar-refractivity contribution < 1.29 is 22.7 Å². The predicted octanol–water partition coefficient (Wildman–Crippen LogP) is 1.16. The van der Waals surface area contributed by atoms with Crippen LogP contribution < -0.4 is 0 Å². The number of ether oxygens (including phenoxy) is 2. The van der Waals surface area contributed by atoms with E-state index in [4.69, 9.17) is 9.47 Å². The Bertz CT molecular complexity index is 629. The minimum absolute atomic E-state index is 0.0606. The highest BCUT2D eigenvalue weighted by atomic mass is 32.2. The van der Waals surface area contributed by atoms with Crippen molar-refractivity contribution in [1.29, 1.82) is 0 Å². The minimum Gasteiger partial charge on any atom is -0.457 e. The fourth-order valence-electron chi connectivity index (χ4n) is 2.01. The molecule has 0 bridgehead atoms. The maximum atomic E-state index is 12.4. The summed E-state index contributed by atoms with van der Waals surface area (Å²) in [7, 11) is -3.60. The van der Waals surface area contributed by atoms with E-state index in [0.717, 1.165) is 6.42 Å². The van der Waals surface area contributed by atoms with E-state index in [1.165, 1.54) is 16.6 Å². The highest BCUT2D eigenvalue weighted by Gasteiger charge is 2.28. The molecule has 0 amide bonds. The fourth-order valence-corrected chi connectivity index (χ4v) is 3.42. The second kappa shape index (κ2) is 7.57. The fraction of sp³-hybridized carbons (Fsp3) is 0.500. The number of hydrogen-bond acceptors (Lipinski definition) is 5. The lowest BCUT2D eigenvalue weighted by molar-refractivity contribution is 0.0543. The van der Waals surface area contributed by atoms with E-state index in [9.17, 15) is 13.2 Å². The van der Waals surface area contributed by atoms with E-state index >= 15 is 0 Å². The monoisotopic (exact) mass is 328 g/mol. The number of rotatable bonds is 6. The van der Waals surface area contributed by atoms with Crippen LogP contribution in [-0.2, 0) is 19.5 Å². The molecule has 1 aromatic rings. The molecular formula is C14H20N2O5S. The van der Waals surface area contributed by atoms with Crippen molar-refractivity contribution in [2.24, 2.45) is 0 Å². The molecule has 2 heterocycles. The van der Waals surface area contributed by atoms with Gasteiger partial charge < -0.3 is 14.5 Å². The number of H-pyrrole nitrogens is 1. The third-order valence-electron chi connectivity index (χ3n) is 3.20. The van der Waals surface area contributed by atoms with Crippen LogP contribution in [0.1, 0.15) is 23.8 Å². The van der Waals surface area contributed by atoms with Gasteiger partial charge in [0, 0.05) is 19.3 Å². The van der Waals surface area contributed by atoms with Crippen molar-refractivity contribution in [1.82, 2.24) is 9.29 Å². The molecule has 0 spiro atoms. The number of hydrogen-bond donors (Lipinski definition) is 1. The summed E-state index contributed by atoms with van der Waals surface area (Å²) >= 11 is 0. The van der Waals surface area contributed by atoms with Gasteiger partial charge in [-0.05, 0) is 12.5 Å². The van der Waals surface area contributed by atoms with Gasteiger partial charge in [0.1, 0.15) is 17.2 Å². The van der Waals surface area contributed by atoms with Crippen molar-refractivity contribution in [3.63, 3.8) is 0 Å². The van der Waals surface area contributed by atoms with Crippen molar-refractivity contribution in [2.45, 2.75) is 18.2 Å². The average molecular weight is 328 g/mol. The summed E-state index contributed by atoms with van der Waals surface area (Å²) in [6.45, 7) is 3.53. The van der Waals surface area contributed by atoms with E-state index in [1.807, 2.05) is 13.0 Å². The normalized spacial score (nSPS) is 17.0. The first-order chi connectivity index (χ1) is 10.6. The second-order valence-electron chi connectivity index (χ2n) is 4.74. The number of morpholine rings is 1. The third kappa shape index (κ3) is 3.96. The Kier molecular flexibility index (Phi) is 5.76. The first-order valence-corrected chi connectivity index (χ1v) is 8.58. The van der Waals surface area contributed by atoms with Crippen molar-refractivity contribution >= 4 is 16.0 Å². The molecule has 1 aromatic heterocycles. The number of aromatic amines is 1. The van der Waals surface area contributed by atoms with Gasteiger partial charge in [-0.3, -0.25) is 0 Å². The molecule has 0 saturated carbocycles. The lowest BCUT2D eigenvalue weighted by Crippen LogP contribution is -2.40. The highest BCUT2D eigenvalue weighted by Crippen LogP contribution is 2.18. The topological polar surface area (TPSA) is 88.7 Å². The Morgan fingerprint density at radius 2 is 2.14 bits per heavy atom. The van der Waals surface area contributed by atoms with Crippen LogP contribution >= 0.6 is 0 Å². The van der Waals surface area contributed by atoms with Gasteiger partial charge in [0.15, 0.2) is 0 Å². The molecule has 1 saturated heterocycles. The number of aromatic nitrogens is 1. The number of allylic oxidation sites excluding steroid dienone is 1. The lowest BCUT2D eigenvalue weighted by atomic mass is 10.4. The molecule has 22 heavy (non-hydrogen) atoms. The predicted molar refractivity (Wildman–Crippen MR) is 80.1 cm³/mol. The Morgan fingerprint density at radius 3 is 2.82 bits per heavy atom. The molecule has 0 atom stereocenters. The molecular weight excluding hydrogens is 308 g/mol. The Morgan fingerprint density at radius 1 is 1.41 bits per heavy atom. The minimum atomic E-state index is -3.60. The summed E-state index contributed by atoms with van der Waals surface area (Å²) in [5, 5.41) is 0. The van der Waals surface area contributed by atoms with E-state index in [1.54, 1.807) is 6.08 Å². The summed E-state index contributed by atoms with van der Waals surface area (Å²) in [5.74, 6) is -0.579. The third-order valence-corrected chi connectivity index (χ3v) is 5.07. The van der Waals surface area contributed by atoms with Gasteiger partial charge in [0.2, 0.25) is 10.0 Å². The number of nitrogens with one attached hydrogen (secondary N) is 1. The molecule has 1 aliphatic heterocycles. The molecule has 0 aromatic carbocycles. The van der Waals surface area contributed by atoms with Crippen LogP contribution in [0.4, 0.5) is 0 Å². The molecule has 0 unspecified atom stereocenters. The van der Waals surface area contributed by atoms with Crippen molar-refractivity contribution in [3.05, 3.63) is 30.1 Å². The Hall–Kier alpha value is -1.64. The van der Waals surface area contributed by atoms with Crippen LogP contribution in [0.25, 0.3) is 0 Å². The SMILES string of the molecule is CCC=CCOC(=O)c1cc(S(=O)(=O)N2CCOCC2)c[nH]1. The first kappa shape index (κ1) is 16.7. The molecule has 0 aliphatic carbocycles. The van der Waals surface area contributed by atoms with E-state index in [0.29, 0.717) is 26.3 Å². The smallest absolute Gasteiger partial charge is 0.355 e. The number of carbonyl (C=O) groups excluding carboxylic acids is 1. The van der Waals surface area contributed by atoms with Gasteiger partial charge in [-0.1, -0.05) is 19.1 Å². The standard InChI is InChI=1S/C14H20N2O5S/c1-2-3-4-7-21-14(17)13-10-12(11-15-13)22(18,19)16-5-8-20-9-6-16/h3-4,10-11,15H,2,5-9H2,1H3. The highest BCUT2D eigenvalue weighted by molar-refractivity contribution is 7.89. The average Bonchev–Trinajstić information content (AvgIpc) is 3.03. The van der Waals surface area contributed by atoms with Gasteiger partial charge in [-0.25, -0.2) is 13.2 Å². The number of nitrogens with zero attached hydrogens (tertiary/aromatic N) is 1. The van der Waals surface area contributed by atoms with Crippen LogP contribution in [0, 0.1) is 0 Å². The number of carbonyl (C=O) groups is 1. The zero-order chi connectivity index (χ0) is 16.0. The second-order valence-corrected chi connectivity index (χ2v) is 6.68. The van der Waals surface area contributed by atoms with Gasteiger partial charge in [0.25, 0.3) is 0 Å². The molecule has 1 aliphatic rings. The number of esters is 1. The molecule has 1 fully saturated rings. The molecule has 2 rings (SSSR count). The summed E-state index contributed by atoms with van der Waals surface area (Å²) in [6.07, 6.45) is 5.80. The Labute approximate surface area is 130 Å². The van der Waals surface area contributed by atoms with Gasteiger partial charge >= 0.3 is 5.97 Å². The lowest BCUT2D eigenvalue weighted by Gasteiger charge is -2.25. The summed E-state index contributed by atoms with van der Waals surface area (Å²) < 4.78 is 36.3. The van der Waals surface area contributed by atoms with Crippen molar-refractivity contribution in [3.8, 4) is 0 Å². The zero-order valence-corrected chi connectivity index (χ0v) is 13.3. The quantitative estimate of drug-likeness (QED) is 0.625. The van der Waals surface area contributed by atoms with E-state index in [-0.39, 0.29) is 17.2 Å². The molecule has 1 N–H and O–H groups in total. The van der Waals surface area contributed by atoms with Gasteiger partial charge in [0.05, 0.1) is 13.2 Å². The largest absolute Gasteiger partial charge is 0.457 e. The molecule has 0 radical (unpaired) electrons. The van der Waals surface area contributed by atoms with Gasteiger partial charge in [-0.15, -0.1) is 0 Å². The molecule has 7 nitrogen and oxygen atoms in total. The van der Waals surface area contributed by atoms with Gasteiger partial charge in [-0.2, -0.15) is 4.31 Å². The Balaban J connectivity index is 2.03. The number of sulfonamides is 1. The summed E-state index contributed by atoms with van der Waals surface area (Å²) in [6, 6.07) is 1.30. The zero-order valence-electron chi connectivity index (χ0n) is 12.4. The molecule has 8 heteroatoms. The van der Waals surface area contributed by atoms with Crippen LogP contribution in [0.15, 0.2) is 29.3 Å². The van der Waals surface area contributed by atoms with Crippen LogP contribution in [-0.4, -0.2) is 56.6 Å². The van der Waals surface area contributed by atoms with Crippen LogP contribution in [0.5, 0.6) is 0 Å². The van der Waals surface area contributed by atoms with E-state index < -0.39 is 16.0 Å². The van der Waals surface area contributed by atoms with Crippen LogP contribution in [0.2, 0.25) is 0 Å². The first-order valence-electron chi connectivity index (χ1n) is 7.14. The maximum Gasteiger partial charge on any atom is 0.355 e. The van der Waals surface area contributed by atoms with Crippen LogP contribution in [0.3, 0.4) is 0 Å². The summed E-state index contributed by atoms with van der Waals surface area (Å²) in [5.41, 5.74) is 0.122.